The van der Waals surface area contributed by atoms with Crippen LogP contribution in [-0.4, -0.2) is 19.3 Å². The average Bonchev–Trinajstić information content (AvgIpc) is 2.70. The van der Waals surface area contributed by atoms with E-state index in [4.69, 9.17) is 21.1 Å². The highest BCUT2D eigenvalue weighted by Crippen LogP contribution is 2.24. The molecule has 3 aromatic carbocycles. The Morgan fingerprint density at radius 2 is 1.59 bits per heavy atom. The van der Waals surface area contributed by atoms with E-state index in [9.17, 15) is 0 Å². The van der Waals surface area contributed by atoms with Crippen LogP contribution in [0.25, 0.3) is 0 Å². The van der Waals surface area contributed by atoms with Gasteiger partial charge in [-0.2, -0.15) is 0 Å². The van der Waals surface area contributed by atoms with Crippen molar-refractivity contribution in [2.75, 3.05) is 18.5 Å². The molecule has 140 valence electrons. The summed E-state index contributed by atoms with van der Waals surface area (Å²) in [4.78, 5) is 0. The number of hydrogen-bond donors (Lipinski definition) is 1. The van der Waals surface area contributed by atoms with Crippen LogP contribution in [-0.2, 0) is 6.42 Å². The molecule has 0 fully saturated rings. The van der Waals surface area contributed by atoms with Crippen molar-refractivity contribution in [2.24, 2.45) is 0 Å². The van der Waals surface area contributed by atoms with Crippen LogP contribution in [0, 0.1) is 0 Å². The zero-order valence-electron chi connectivity index (χ0n) is 15.4. The van der Waals surface area contributed by atoms with Gasteiger partial charge in [-0.25, -0.2) is 0 Å². The normalized spacial score (nSPS) is 11.6. The van der Waals surface area contributed by atoms with Crippen LogP contribution in [0.3, 0.4) is 0 Å². The largest absolute Gasteiger partial charge is 0.493 e. The lowest BCUT2D eigenvalue weighted by Gasteiger charge is -2.17. The third kappa shape index (κ3) is 6.22. The molecule has 0 aromatic heterocycles. The Bertz CT molecular complexity index is 821. The first-order valence-electron chi connectivity index (χ1n) is 9.12. The van der Waals surface area contributed by atoms with E-state index in [1.54, 1.807) is 0 Å². The van der Waals surface area contributed by atoms with Crippen molar-refractivity contribution in [3.05, 3.63) is 89.4 Å². The fourth-order valence-electron chi connectivity index (χ4n) is 2.66. The van der Waals surface area contributed by atoms with Crippen LogP contribution < -0.4 is 14.8 Å². The Morgan fingerprint density at radius 1 is 0.889 bits per heavy atom. The van der Waals surface area contributed by atoms with Gasteiger partial charge in [0.15, 0.2) is 0 Å². The third-order valence-corrected chi connectivity index (χ3v) is 4.43. The predicted octanol–water partition coefficient (Wildman–Crippen LogP) is 5.84. The maximum atomic E-state index is 6.12. The van der Waals surface area contributed by atoms with Gasteiger partial charge in [-0.3, -0.25) is 0 Å². The zero-order valence-corrected chi connectivity index (χ0v) is 16.2. The highest BCUT2D eigenvalue weighted by atomic mass is 35.5. The number of benzene rings is 3. The summed E-state index contributed by atoms with van der Waals surface area (Å²) in [5, 5.41) is 4.00. The summed E-state index contributed by atoms with van der Waals surface area (Å²) in [6, 6.07) is 25.8. The molecule has 0 heterocycles. The van der Waals surface area contributed by atoms with Crippen molar-refractivity contribution in [3.63, 3.8) is 0 Å². The number of halogens is 1. The first-order valence-corrected chi connectivity index (χ1v) is 9.50. The summed E-state index contributed by atoms with van der Waals surface area (Å²) in [7, 11) is 0. The van der Waals surface area contributed by atoms with E-state index in [1.807, 2.05) is 73.7 Å². The van der Waals surface area contributed by atoms with Crippen molar-refractivity contribution in [3.8, 4) is 11.5 Å². The minimum atomic E-state index is -0.00769. The molecule has 3 nitrogen and oxygen atoms in total. The molecule has 0 aliphatic rings. The first-order chi connectivity index (χ1) is 13.2. The van der Waals surface area contributed by atoms with E-state index < -0.39 is 0 Å². The summed E-state index contributed by atoms with van der Waals surface area (Å²) < 4.78 is 11.7. The Morgan fingerprint density at radius 3 is 2.33 bits per heavy atom. The summed E-state index contributed by atoms with van der Waals surface area (Å²) in [6.07, 6.45) is 0.893. The molecule has 1 N–H and O–H groups in total. The molecule has 0 amide bonds. The highest BCUT2D eigenvalue weighted by Gasteiger charge is 2.07. The van der Waals surface area contributed by atoms with Gasteiger partial charge in [0.2, 0.25) is 0 Å². The van der Waals surface area contributed by atoms with Crippen LogP contribution in [0.4, 0.5) is 5.69 Å². The van der Waals surface area contributed by atoms with Crippen LogP contribution in [0.15, 0.2) is 78.9 Å². The van der Waals surface area contributed by atoms with Crippen molar-refractivity contribution >= 4 is 17.3 Å². The molecule has 0 saturated carbocycles. The summed E-state index contributed by atoms with van der Waals surface area (Å²) in [5.41, 5.74) is 2.31. The number of para-hydroxylation sites is 1. The second kappa shape index (κ2) is 9.89. The van der Waals surface area contributed by atoms with Gasteiger partial charge in [-0.05, 0) is 48.9 Å². The zero-order chi connectivity index (χ0) is 18.9. The fraction of sp³-hybridized carbons (Fsp3) is 0.217. The van der Waals surface area contributed by atoms with E-state index in [1.165, 1.54) is 5.56 Å². The molecule has 1 atom stereocenters. The molecular formula is C23H24ClNO2. The van der Waals surface area contributed by atoms with Crippen molar-refractivity contribution in [2.45, 2.75) is 19.4 Å². The number of nitrogens with one attached hydrogen (secondary N) is 1. The predicted molar refractivity (Wildman–Crippen MR) is 112 cm³/mol. The summed E-state index contributed by atoms with van der Waals surface area (Å²) >= 11 is 6.12. The fourth-order valence-corrected chi connectivity index (χ4v) is 2.84. The molecule has 0 spiro atoms. The van der Waals surface area contributed by atoms with Gasteiger partial charge in [0.05, 0.1) is 18.2 Å². The van der Waals surface area contributed by atoms with Crippen LogP contribution >= 0.6 is 11.6 Å². The van der Waals surface area contributed by atoms with Crippen LogP contribution in [0.2, 0.25) is 5.02 Å². The molecule has 4 heteroatoms. The minimum Gasteiger partial charge on any atom is -0.493 e. The lowest BCUT2D eigenvalue weighted by atomic mass is 10.2. The smallest absolute Gasteiger partial charge is 0.138 e. The van der Waals surface area contributed by atoms with Gasteiger partial charge < -0.3 is 14.8 Å². The average molecular weight is 382 g/mol. The van der Waals surface area contributed by atoms with Crippen molar-refractivity contribution in [1.82, 2.24) is 0 Å². The van der Waals surface area contributed by atoms with Gasteiger partial charge in [-0.1, -0.05) is 54.1 Å². The van der Waals surface area contributed by atoms with E-state index in [0.29, 0.717) is 23.9 Å². The minimum absolute atomic E-state index is 0.00769. The molecule has 0 aliphatic heterocycles. The monoisotopic (exact) mass is 381 g/mol. The maximum absolute atomic E-state index is 6.12. The van der Waals surface area contributed by atoms with Crippen molar-refractivity contribution < 1.29 is 9.47 Å². The van der Waals surface area contributed by atoms with E-state index in [-0.39, 0.29) is 6.10 Å². The number of ether oxygens (including phenoxy) is 2. The van der Waals surface area contributed by atoms with Gasteiger partial charge in [0.25, 0.3) is 0 Å². The Labute approximate surface area is 165 Å². The molecular weight excluding hydrogens is 358 g/mol. The van der Waals surface area contributed by atoms with E-state index in [0.717, 1.165) is 17.9 Å². The molecule has 3 rings (SSSR count). The number of hydrogen-bond acceptors (Lipinski definition) is 3. The van der Waals surface area contributed by atoms with Crippen LogP contribution in [0.5, 0.6) is 11.5 Å². The lowest BCUT2D eigenvalue weighted by molar-refractivity contribution is 0.235. The third-order valence-electron chi connectivity index (χ3n) is 4.12. The SMILES string of the molecule is CC(CNc1ccc(OCCc2ccccc2)cc1)Oc1ccccc1Cl. The Hall–Kier alpha value is -2.65. The quantitative estimate of drug-likeness (QED) is 0.505. The topological polar surface area (TPSA) is 30.5 Å². The summed E-state index contributed by atoms with van der Waals surface area (Å²) in [5.74, 6) is 1.58. The molecule has 0 bridgehead atoms. The number of rotatable bonds is 9. The second-order valence-corrected chi connectivity index (χ2v) is 6.76. The van der Waals surface area contributed by atoms with Crippen LogP contribution in [0.1, 0.15) is 12.5 Å². The van der Waals surface area contributed by atoms with Gasteiger partial charge in [0.1, 0.15) is 17.6 Å². The molecule has 0 saturated heterocycles. The molecule has 1 unspecified atom stereocenters. The van der Waals surface area contributed by atoms with Gasteiger partial charge in [-0.15, -0.1) is 0 Å². The van der Waals surface area contributed by atoms with Gasteiger partial charge >= 0.3 is 0 Å². The Kier molecular flexibility index (Phi) is 7.00. The molecule has 3 aromatic rings. The molecule has 0 aliphatic carbocycles. The lowest BCUT2D eigenvalue weighted by Crippen LogP contribution is -2.22. The van der Waals surface area contributed by atoms with E-state index >= 15 is 0 Å². The Balaban J connectivity index is 1.41. The molecule has 0 radical (unpaired) electrons. The second-order valence-electron chi connectivity index (χ2n) is 6.35. The van der Waals surface area contributed by atoms with E-state index in [2.05, 4.69) is 17.4 Å². The first kappa shape index (κ1) is 19.1. The van der Waals surface area contributed by atoms with Gasteiger partial charge in [0, 0.05) is 12.1 Å². The highest BCUT2D eigenvalue weighted by molar-refractivity contribution is 6.32. The van der Waals surface area contributed by atoms with Crippen molar-refractivity contribution in [1.29, 1.82) is 0 Å². The summed E-state index contributed by atoms with van der Waals surface area (Å²) in [6.45, 7) is 3.36. The maximum Gasteiger partial charge on any atom is 0.138 e. The standard InChI is InChI=1S/C23H24ClNO2/c1-18(27-23-10-6-5-9-22(23)24)17-25-20-11-13-21(14-12-20)26-16-15-19-7-3-2-4-8-19/h2-14,18,25H,15-17H2,1H3. The number of anilines is 1. The molecule has 27 heavy (non-hydrogen) atoms.